The van der Waals surface area contributed by atoms with E-state index in [-0.39, 0.29) is 12.4 Å². The third-order valence-corrected chi connectivity index (χ3v) is 3.74. The van der Waals surface area contributed by atoms with Crippen molar-refractivity contribution in [1.29, 1.82) is 0 Å². The van der Waals surface area contributed by atoms with Gasteiger partial charge in [0.2, 0.25) is 11.7 Å². The lowest BCUT2D eigenvalue weighted by atomic mass is 10.1. The van der Waals surface area contributed by atoms with Gasteiger partial charge in [-0.2, -0.15) is 0 Å². The number of nitrogens with zero attached hydrogens (tertiary/aromatic N) is 2. The molecule has 5 nitrogen and oxygen atoms in total. The topological polar surface area (TPSA) is 67.9 Å². The molecule has 0 radical (unpaired) electrons. The fraction of sp³-hybridized carbons (Fsp3) is 0.0556. The first-order valence-corrected chi connectivity index (χ1v) is 7.25. The number of ketones is 1. The summed E-state index contributed by atoms with van der Waals surface area (Å²) in [7, 11) is 0. The molecule has 4 aromatic rings. The Morgan fingerprint density at radius 2 is 1.78 bits per heavy atom. The molecule has 0 aliphatic carbocycles. The Kier molecular flexibility index (Phi) is 3.24. The first kappa shape index (κ1) is 13.5. The molecule has 0 spiro atoms. The highest BCUT2D eigenvalue weighted by molar-refractivity contribution is 6.08. The molecular weight excluding hydrogens is 290 g/mol. The van der Waals surface area contributed by atoms with Gasteiger partial charge in [0.05, 0.1) is 10.9 Å². The number of aromatic amines is 1. The molecule has 112 valence electrons. The van der Waals surface area contributed by atoms with E-state index in [1.807, 2.05) is 48.5 Å². The van der Waals surface area contributed by atoms with E-state index >= 15 is 0 Å². The third-order valence-electron chi connectivity index (χ3n) is 3.74. The number of ether oxygens (including phenoxy) is 1. The van der Waals surface area contributed by atoms with Gasteiger partial charge in [-0.05, 0) is 18.2 Å². The van der Waals surface area contributed by atoms with E-state index in [1.165, 1.54) is 6.33 Å². The zero-order valence-corrected chi connectivity index (χ0v) is 12.2. The lowest BCUT2D eigenvalue weighted by Gasteiger charge is -2.06. The van der Waals surface area contributed by atoms with Crippen LogP contribution in [0.15, 0.2) is 61.1 Å². The smallest absolute Gasteiger partial charge is 0.224 e. The molecule has 2 heterocycles. The van der Waals surface area contributed by atoms with Gasteiger partial charge < -0.3 is 9.72 Å². The molecule has 23 heavy (non-hydrogen) atoms. The number of H-pyrrole nitrogens is 1. The zero-order chi connectivity index (χ0) is 15.6. The molecule has 0 atom stereocenters. The summed E-state index contributed by atoms with van der Waals surface area (Å²) < 4.78 is 5.64. The van der Waals surface area contributed by atoms with Gasteiger partial charge in [0.15, 0.2) is 6.61 Å². The van der Waals surface area contributed by atoms with Crippen LogP contribution in [0.25, 0.3) is 21.8 Å². The van der Waals surface area contributed by atoms with E-state index in [0.717, 1.165) is 21.8 Å². The lowest BCUT2D eigenvalue weighted by Crippen LogP contribution is -2.12. The quantitative estimate of drug-likeness (QED) is 0.587. The summed E-state index contributed by atoms with van der Waals surface area (Å²) in [6, 6.07) is 15.2. The largest absolute Gasteiger partial charge is 0.469 e. The second-order valence-electron chi connectivity index (χ2n) is 5.16. The van der Waals surface area contributed by atoms with Crippen LogP contribution in [0.3, 0.4) is 0 Å². The number of fused-ring (bicyclic) bond motifs is 2. The predicted molar refractivity (Wildman–Crippen MR) is 87.7 cm³/mol. The Labute approximate surface area is 132 Å². The van der Waals surface area contributed by atoms with Crippen LogP contribution in [0.5, 0.6) is 5.88 Å². The van der Waals surface area contributed by atoms with Crippen molar-refractivity contribution in [1.82, 2.24) is 15.0 Å². The molecule has 0 bridgehead atoms. The minimum absolute atomic E-state index is 0.0666. The molecular formula is C18H13N3O2. The van der Waals surface area contributed by atoms with Crippen molar-refractivity contribution >= 4 is 27.6 Å². The fourth-order valence-electron chi connectivity index (χ4n) is 2.61. The lowest BCUT2D eigenvalue weighted by molar-refractivity contribution is 0.0921. The van der Waals surface area contributed by atoms with Crippen LogP contribution < -0.4 is 4.74 Å². The van der Waals surface area contributed by atoms with E-state index in [4.69, 9.17) is 4.74 Å². The van der Waals surface area contributed by atoms with Crippen molar-refractivity contribution in [2.45, 2.75) is 0 Å². The van der Waals surface area contributed by atoms with Gasteiger partial charge in [0.25, 0.3) is 0 Å². The Hall–Kier alpha value is -3.21. The maximum Gasteiger partial charge on any atom is 0.224 e. The molecule has 0 fully saturated rings. The van der Waals surface area contributed by atoms with Crippen LogP contribution in [-0.4, -0.2) is 27.3 Å². The third kappa shape index (κ3) is 2.42. The SMILES string of the molecule is O=C(COc1ncnc2ccccc12)c1c[nH]c2ccccc12. The predicted octanol–water partition coefficient (Wildman–Crippen LogP) is 3.37. The van der Waals surface area contributed by atoms with Crippen molar-refractivity contribution in [2.24, 2.45) is 0 Å². The monoisotopic (exact) mass is 303 g/mol. The average Bonchev–Trinajstić information content (AvgIpc) is 3.04. The zero-order valence-electron chi connectivity index (χ0n) is 12.2. The van der Waals surface area contributed by atoms with Crippen molar-refractivity contribution < 1.29 is 9.53 Å². The molecule has 0 aliphatic rings. The molecule has 2 aromatic carbocycles. The average molecular weight is 303 g/mol. The summed E-state index contributed by atoms with van der Waals surface area (Å²) >= 11 is 0. The Morgan fingerprint density at radius 1 is 1.00 bits per heavy atom. The molecule has 0 aliphatic heterocycles. The number of rotatable bonds is 4. The number of benzene rings is 2. The number of carbonyl (C=O) groups is 1. The second-order valence-corrected chi connectivity index (χ2v) is 5.16. The van der Waals surface area contributed by atoms with Crippen molar-refractivity contribution in [2.75, 3.05) is 6.61 Å². The summed E-state index contributed by atoms with van der Waals surface area (Å²) in [5, 5.41) is 1.69. The highest BCUT2D eigenvalue weighted by Crippen LogP contribution is 2.22. The summed E-state index contributed by atoms with van der Waals surface area (Å²) in [6.45, 7) is -0.0666. The number of carbonyl (C=O) groups excluding carboxylic acids is 1. The highest BCUT2D eigenvalue weighted by Gasteiger charge is 2.13. The standard InChI is InChI=1S/C18H13N3O2/c22-17(14-9-19-15-7-3-1-5-12(14)15)10-23-18-13-6-2-4-8-16(13)20-11-21-18/h1-9,11,19H,10H2. The number of nitrogens with one attached hydrogen (secondary N) is 1. The molecule has 0 unspecified atom stereocenters. The van der Waals surface area contributed by atoms with E-state index in [2.05, 4.69) is 15.0 Å². The fourth-order valence-corrected chi connectivity index (χ4v) is 2.61. The van der Waals surface area contributed by atoms with E-state index in [9.17, 15) is 4.79 Å². The van der Waals surface area contributed by atoms with Crippen LogP contribution >= 0.6 is 0 Å². The van der Waals surface area contributed by atoms with Gasteiger partial charge in [-0.15, -0.1) is 0 Å². The van der Waals surface area contributed by atoms with Crippen molar-refractivity contribution in [3.05, 3.63) is 66.6 Å². The van der Waals surface area contributed by atoms with Crippen LogP contribution in [0.4, 0.5) is 0 Å². The number of hydrogen-bond acceptors (Lipinski definition) is 4. The van der Waals surface area contributed by atoms with Gasteiger partial charge >= 0.3 is 0 Å². The first-order chi connectivity index (χ1) is 11.3. The van der Waals surface area contributed by atoms with Crippen LogP contribution in [-0.2, 0) is 0 Å². The van der Waals surface area contributed by atoms with Gasteiger partial charge in [0, 0.05) is 22.7 Å². The van der Waals surface area contributed by atoms with Gasteiger partial charge in [-0.3, -0.25) is 4.79 Å². The van der Waals surface area contributed by atoms with E-state index < -0.39 is 0 Å². The highest BCUT2D eigenvalue weighted by atomic mass is 16.5. The van der Waals surface area contributed by atoms with E-state index in [1.54, 1.807) is 6.20 Å². The van der Waals surface area contributed by atoms with Crippen LogP contribution in [0.2, 0.25) is 0 Å². The molecule has 0 saturated carbocycles. The maximum absolute atomic E-state index is 12.4. The first-order valence-electron chi connectivity index (χ1n) is 7.25. The number of hydrogen-bond donors (Lipinski definition) is 1. The molecule has 5 heteroatoms. The summed E-state index contributed by atoms with van der Waals surface area (Å²) in [5.41, 5.74) is 2.35. The van der Waals surface area contributed by atoms with E-state index in [0.29, 0.717) is 11.4 Å². The van der Waals surface area contributed by atoms with Crippen LogP contribution in [0, 0.1) is 0 Å². The molecule has 0 saturated heterocycles. The Balaban J connectivity index is 1.60. The maximum atomic E-state index is 12.4. The van der Waals surface area contributed by atoms with Crippen LogP contribution in [0.1, 0.15) is 10.4 Å². The summed E-state index contributed by atoms with van der Waals surface area (Å²) in [6.07, 6.45) is 3.16. The molecule has 1 N–H and O–H groups in total. The number of Topliss-reactive ketones (excluding diaryl/α,β-unsaturated/α-hetero) is 1. The number of aromatic nitrogens is 3. The van der Waals surface area contributed by atoms with Crippen molar-refractivity contribution in [3.63, 3.8) is 0 Å². The number of para-hydroxylation sites is 2. The minimum atomic E-state index is -0.0925. The van der Waals surface area contributed by atoms with Gasteiger partial charge in [0.1, 0.15) is 6.33 Å². The Morgan fingerprint density at radius 3 is 2.70 bits per heavy atom. The minimum Gasteiger partial charge on any atom is -0.469 e. The molecule has 0 amide bonds. The molecule has 2 aromatic heterocycles. The molecule has 4 rings (SSSR count). The summed E-state index contributed by atoms with van der Waals surface area (Å²) in [5.74, 6) is 0.328. The summed E-state index contributed by atoms with van der Waals surface area (Å²) in [4.78, 5) is 23.8. The normalized spacial score (nSPS) is 11.0. The van der Waals surface area contributed by atoms with Gasteiger partial charge in [-0.25, -0.2) is 9.97 Å². The second kappa shape index (κ2) is 5.53. The Bertz CT molecular complexity index is 1000. The van der Waals surface area contributed by atoms with Gasteiger partial charge in [-0.1, -0.05) is 30.3 Å². The van der Waals surface area contributed by atoms with Crippen molar-refractivity contribution in [3.8, 4) is 5.88 Å².